The Balaban J connectivity index is 2.24. The molecule has 1 aliphatic rings. The highest BCUT2D eigenvalue weighted by atomic mass is 16.5. The summed E-state index contributed by atoms with van der Waals surface area (Å²) in [5.41, 5.74) is 2.72. The summed E-state index contributed by atoms with van der Waals surface area (Å²) in [5, 5.41) is 3.61. The molecule has 1 fully saturated rings. The van der Waals surface area contributed by atoms with E-state index in [0.29, 0.717) is 17.9 Å². The summed E-state index contributed by atoms with van der Waals surface area (Å²) in [4.78, 5) is 0. The molecule has 1 N–H and O–H groups in total. The van der Waals surface area contributed by atoms with E-state index in [1.54, 1.807) is 7.11 Å². The van der Waals surface area contributed by atoms with Crippen LogP contribution in [0.2, 0.25) is 0 Å². The molecule has 1 saturated carbocycles. The lowest BCUT2D eigenvalue weighted by molar-refractivity contribution is 0.383. The van der Waals surface area contributed by atoms with Crippen molar-refractivity contribution in [3.05, 3.63) is 29.3 Å². The van der Waals surface area contributed by atoms with Gasteiger partial charge in [0.25, 0.3) is 0 Å². The second-order valence-corrected chi connectivity index (χ2v) is 5.45. The van der Waals surface area contributed by atoms with Crippen LogP contribution < -0.4 is 10.1 Å². The minimum absolute atomic E-state index is 0.629. The highest BCUT2D eigenvalue weighted by Gasteiger charge is 2.34. The Bertz CT molecular complexity index is 402. The fraction of sp³-hybridized carbons (Fsp3) is 0.625. The first-order valence-electron chi connectivity index (χ1n) is 7.05. The smallest absolute Gasteiger partial charge is 0.122 e. The first kappa shape index (κ1) is 13.4. The Morgan fingerprint density at radius 2 is 2.11 bits per heavy atom. The molecule has 0 aromatic heterocycles. The lowest BCUT2D eigenvalue weighted by Crippen LogP contribution is -2.32. The van der Waals surface area contributed by atoms with Gasteiger partial charge in [-0.25, -0.2) is 0 Å². The molecule has 0 spiro atoms. The fourth-order valence-corrected chi connectivity index (χ4v) is 3.30. The third kappa shape index (κ3) is 2.54. The summed E-state index contributed by atoms with van der Waals surface area (Å²) in [6.45, 7) is 7.77. The number of ether oxygens (including phenoxy) is 1. The first-order valence-corrected chi connectivity index (χ1v) is 7.05. The molecule has 2 rings (SSSR count). The summed E-state index contributed by atoms with van der Waals surface area (Å²) in [6, 6.07) is 7.20. The molecule has 1 aliphatic carbocycles. The highest BCUT2D eigenvalue weighted by molar-refractivity contribution is 5.40. The maximum atomic E-state index is 5.54. The normalized spacial score (nSPS) is 27.4. The van der Waals surface area contributed by atoms with Gasteiger partial charge in [-0.15, -0.1) is 0 Å². The Labute approximate surface area is 111 Å². The van der Waals surface area contributed by atoms with E-state index >= 15 is 0 Å². The topological polar surface area (TPSA) is 21.3 Å². The van der Waals surface area contributed by atoms with Crippen molar-refractivity contribution in [2.75, 3.05) is 13.7 Å². The van der Waals surface area contributed by atoms with Gasteiger partial charge in [0.15, 0.2) is 0 Å². The van der Waals surface area contributed by atoms with Crippen LogP contribution in [0.5, 0.6) is 5.75 Å². The van der Waals surface area contributed by atoms with Crippen LogP contribution in [0.15, 0.2) is 18.2 Å². The van der Waals surface area contributed by atoms with E-state index in [0.717, 1.165) is 12.3 Å². The summed E-state index contributed by atoms with van der Waals surface area (Å²) in [6.07, 6.45) is 2.54. The molecule has 0 bridgehead atoms. The third-order valence-electron chi connectivity index (χ3n) is 4.31. The van der Waals surface area contributed by atoms with Gasteiger partial charge in [-0.3, -0.25) is 0 Å². The molecule has 1 aromatic carbocycles. The Morgan fingerprint density at radius 3 is 2.78 bits per heavy atom. The number of hydrogen-bond donors (Lipinski definition) is 1. The predicted molar refractivity (Wildman–Crippen MR) is 76.3 cm³/mol. The molecule has 0 aliphatic heterocycles. The first-order chi connectivity index (χ1) is 8.67. The predicted octanol–water partition coefficient (Wildman–Crippen LogP) is 3.50. The molecule has 3 unspecified atom stereocenters. The van der Waals surface area contributed by atoms with Gasteiger partial charge in [0.05, 0.1) is 7.11 Å². The van der Waals surface area contributed by atoms with Crippen molar-refractivity contribution >= 4 is 0 Å². The van der Waals surface area contributed by atoms with Crippen LogP contribution in [0, 0.1) is 12.8 Å². The fourth-order valence-electron chi connectivity index (χ4n) is 3.30. The zero-order valence-corrected chi connectivity index (χ0v) is 12.0. The number of aryl methyl sites for hydroxylation is 1. The quantitative estimate of drug-likeness (QED) is 0.879. The van der Waals surface area contributed by atoms with E-state index in [1.165, 1.54) is 24.0 Å². The van der Waals surface area contributed by atoms with Gasteiger partial charge in [-0.1, -0.05) is 31.5 Å². The molecule has 0 radical (unpaired) electrons. The van der Waals surface area contributed by atoms with Crippen molar-refractivity contribution in [3.63, 3.8) is 0 Å². The van der Waals surface area contributed by atoms with Crippen molar-refractivity contribution in [3.8, 4) is 5.75 Å². The van der Waals surface area contributed by atoms with E-state index < -0.39 is 0 Å². The maximum Gasteiger partial charge on any atom is 0.122 e. The van der Waals surface area contributed by atoms with E-state index in [2.05, 4.69) is 44.3 Å². The average Bonchev–Trinajstić information content (AvgIpc) is 2.72. The number of methoxy groups -OCH3 is 1. The molecule has 2 nitrogen and oxygen atoms in total. The zero-order chi connectivity index (χ0) is 13.1. The second kappa shape index (κ2) is 5.75. The van der Waals surface area contributed by atoms with Gasteiger partial charge < -0.3 is 10.1 Å². The molecule has 2 heteroatoms. The van der Waals surface area contributed by atoms with E-state index in [9.17, 15) is 0 Å². The van der Waals surface area contributed by atoms with Gasteiger partial charge in [0.1, 0.15) is 5.75 Å². The summed E-state index contributed by atoms with van der Waals surface area (Å²) >= 11 is 0. The average molecular weight is 247 g/mol. The minimum atomic E-state index is 0.629. The van der Waals surface area contributed by atoms with Crippen LogP contribution >= 0.6 is 0 Å². The van der Waals surface area contributed by atoms with Crippen LogP contribution in [0.4, 0.5) is 0 Å². The van der Waals surface area contributed by atoms with Crippen molar-refractivity contribution in [2.45, 2.75) is 45.6 Å². The number of nitrogens with one attached hydrogen (secondary N) is 1. The molecule has 0 amide bonds. The minimum Gasteiger partial charge on any atom is -0.496 e. The summed E-state index contributed by atoms with van der Waals surface area (Å²) in [5.74, 6) is 2.36. The van der Waals surface area contributed by atoms with Gasteiger partial charge in [0, 0.05) is 6.04 Å². The highest BCUT2D eigenvalue weighted by Crippen LogP contribution is 2.43. The monoisotopic (exact) mass is 247 g/mol. The molecule has 3 atom stereocenters. The Morgan fingerprint density at radius 1 is 1.33 bits per heavy atom. The van der Waals surface area contributed by atoms with E-state index in [-0.39, 0.29) is 0 Å². The van der Waals surface area contributed by atoms with Crippen molar-refractivity contribution in [1.82, 2.24) is 5.32 Å². The lowest BCUT2D eigenvalue weighted by atomic mass is 9.87. The van der Waals surface area contributed by atoms with Crippen LogP contribution in [-0.2, 0) is 0 Å². The standard InChI is InChI=1S/C16H25NO/c1-5-17-15-8-7-13(12(15)3)14-10-11(2)6-9-16(14)18-4/h6,9-10,12-13,15,17H,5,7-8H2,1-4H3. The molecular formula is C16H25NO. The molecule has 0 heterocycles. The molecule has 0 saturated heterocycles. The van der Waals surface area contributed by atoms with Crippen LogP contribution in [0.3, 0.4) is 0 Å². The molecular weight excluding hydrogens is 222 g/mol. The van der Waals surface area contributed by atoms with Crippen LogP contribution in [0.1, 0.15) is 43.7 Å². The molecule has 100 valence electrons. The second-order valence-electron chi connectivity index (χ2n) is 5.45. The van der Waals surface area contributed by atoms with Crippen LogP contribution in [0.25, 0.3) is 0 Å². The summed E-state index contributed by atoms with van der Waals surface area (Å²) in [7, 11) is 1.77. The number of rotatable bonds is 4. The SMILES string of the molecule is CCNC1CCC(c2cc(C)ccc2OC)C1C. The lowest BCUT2D eigenvalue weighted by Gasteiger charge is -2.23. The Hall–Kier alpha value is -1.02. The van der Waals surface area contributed by atoms with Crippen molar-refractivity contribution in [1.29, 1.82) is 0 Å². The van der Waals surface area contributed by atoms with Gasteiger partial charge in [-0.05, 0) is 49.8 Å². The number of benzene rings is 1. The number of hydrogen-bond acceptors (Lipinski definition) is 2. The third-order valence-corrected chi connectivity index (χ3v) is 4.31. The van der Waals surface area contributed by atoms with Crippen molar-refractivity contribution < 1.29 is 4.74 Å². The van der Waals surface area contributed by atoms with Gasteiger partial charge in [-0.2, -0.15) is 0 Å². The molecule has 18 heavy (non-hydrogen) atoms. The largest absolute Gasteiger partial charge is 0.496 e. The van der Waals surface area contributed by atoms with E-state index in [4.69, 9.17) is 4.74 Å². The van der Waals surface area contributed by atoms with Gasteiger partial charge >= 0.3 is 0 Å². The maximum absolute atomic E-state index is 5.54. The van der Waals surface area contributed by atoms with E-state index in [1.807, 2.05) is 0 Å². The van der Waals surface area contributed by atoms with Crippen molar-refractivity contribution in [2.24, 2.45) is 5.92 Å². The summed E-state index contributed by atoms with van der Waals surface area (Å²) < 4.78 is 5.54. The van der Waals surface area contributed by atoms with Crippen LogP contribution in [-0.4, -0.2) is 19.7 Å². The van der Waals surface area contributed by atoms with Gasteiger partial charge in [0.2, 0.25) is 0 Å². The molecule has 1 aromatic rings. The Kier molecular flexibility index (Phi) is 4.28. The zero-order valence-electron chi connectivity index (χ0n) is 12.0.